The van der Waals surface area contributed by atoms with E-state index in [1.54, 1.807) is 24.3 Å². The lowest BCUT2D eigenvalue weighted by atomic mass is 10.2. The zero-order valence-electron chi connectivity index (χ0n) is 8.44. The van der Waals surface area contributed by atoms with E-state index >= 15 is 0 Å². The predicted molar refractivity (Wildman–Crippen MR) is 63.1 cm³/mol. The van der Waals surface area contributed by atoms with Crippen molar-refractivity contribution in [2.24, 2.45) is 0 Å². The lowest BCUT2D eigenvalue weighted by Gasteiger charge is -1.97. The summed E-state index contributed by atoms with van der Waals surface area (Å²) in [6.45, 7) is 3.98. The molecule has 3 heteroatoms. The highest BCUT2D eigenvalue weighted by atomic mass is 16.1. The molecule has 1 amide bonds. The molecule has 1 aromatic carbocycles. The van der Waals surface area contributed by atoms with Crippen molar-refractivity contribution < 1.29 is 4.79 Å². The Morgan fingerprint density at radius 3 is 3.00 bits per heavy atom. The standard InChI is InChI=1S/C12H14N2O/c1-2-8-14-12(15)7-6-10-4-3-5-11(13)9-10/h2-7,9H,1,8,13H2,(H,14,15)/b7-6+. The summed E-state index contributed by atoms with van der Waals surface area (Å²) in [6, 6.07) is 7.33. The minimum Gasteiger partial charge on any atom is -0.399 e. The van der Waals surface area contributed by atoms with Crippen LogP contribution in [0.5, 0.6) is 0 Å². The molecule has 0 aliphatic carbocycles. The molecule has 1 aromatic rings. The molecule has 0 atom stereocenters. The van der Waals surface area contributed by atoms with Gasteiger partial charge in [0.15, 0.2) is 0 Å². The first-order valence-electron chi connectivity index (χ1n) is 4.64. The van der Waals surface area contributed by atoms with Crippen LogP contribution in [0.3, 0.4) is 0 Å². The van der Waals surface area contributed by atoms with Gasteiger partial charge in [0.1, 0.15) is 0 Å². The van der Waals surface area contributed by atoms with Gasteiger partial charge in [0.05, 0.1) is 0 Å². The predicted octanol–water partition coefficient (Wildman–Crippen LogP) is 1.58. The van der Waals surface area contributed by atoms with E-state index in [4.69, 9.17) is 5.73 Å². The normalized spacial score (nSPS) is 10.1. The Hall–Kier alpha value is -2.03. The maximum atomic E-state index is 11.2. The zero-order chi connectivity index (χ0) is 11.1. The number of amides is 1. The molecule has 0 saturated heterocycles. The third-order valence-electron chi connectivity index (χ3n) is 1.76. The van der Waals surface area contributed by atoms with E-state index in [2.05, 4.69) is 11.9 Å². The summed E-state index contributed by atoms with van der Waals surface area (Å²) in [4.78, 5) is 11.2. The van der Waals surface area contributed by atoms with Crippen molar-refractivity contribution in [1.29, 1.82) is 0 Å². The Morgan fingerprint density at radius 1 is 1.53 bits per heavy atom. The molecule has 0 unspecified atom stereocenters. The van der Waals surface area contributed by atoms with Crippen LogP contribution in [0.4, 0.5) is 5.69 Å². The maximum Gasteiger partial charge on any atom is 0.244 e. The van der Waals surface area contributed by atoms with Crippen LogP contribution in [-0.2, 0) is 4.79 Å². The number of hydrogen-bond donors (Lipinski definition) is 2. The van der Waals surface area contributed by atoms with Crippen molar-refractivity contribution in [3.63, 3.8) is 0 Å². The molecular weight excluding hydrogens is 188 g/mol. The van der Waals surface area contributed by atoms with E-state index in [0.717, 1.165) is 5.56 Å². The molecule has 78 valence electrons. The van der Waals surface area contributed by atoms with Crippen molar-refractivity contribution >= 4 is 17.7 Å². The first kappa shape index (κ1) is 11.0. The highest BCUT2D eigenvalue weighted by molar-refractivity contribution is 5.91. The van der Waals surface area contributed by atoms with Crippen molar-refractivity contribution in [3.05, 3.63) is 48.6 Å². The molecule has 0 spiro atoms. The minimum atomic E-state index is -0.141. The molecule has 0 aliphatic heterocycles. The third-order valence-corrected chi connectivity index (χ3v) is 1.76. The van der Waals surface area contributed by atoms with Gasteiger partial charge in [0, 0.05) is 18.3 Å². The number of hydrogen-bond acceptors (Lipinski definition) is 2. The third kappa shape index (κ3) is 4.13. The van der Waals surface area contributed by atoms with Gasteiger partial charge >= 0.3 is 0 Å². The molecule has 0 bridgehead atoms. The van der Waals surface area contributed by atoms with Crippen molar-refractivity contribution in [2.45, 2.75) is 0 Å². The number of benzene rings is 1. The molecule has 15 heavy (non-hydrogen) atoms. The van der Waals surface area contributed by atoms with Gasteiger partial charge in [-0.15, -0.1) is 6.58 Å². The molecule has 0 aliphatic rings. The summed E-state index contributed by atoms with van der Waals surface area (Å²) < 4.78 is 0. The summed E-state index contributed by atoms with van der Waals surface area (Å²) >= 11 is 0. The van der Waals surface area contributed by atoms with E-state index in [-0.39, 0.29) is 5.91 Å². The van der Waals surface area contributed by atoms with Gasteiger partial charge < -0.3 is 11.1 Å². The van der Waals surface area contributed by atoms with Gasteiger partial charge in [-0.25, -0.2) is 0 Å². The van der Waals surface area contributed by atoms with E-state index < -0.39 is 0 Å². The SMILES string of the molecule is C=CCNC(=O)/C=C/c1cccc(N)c1. The van der Waals surface area contributed by atoms with Gasteiger partial charge in [0.25, 0.3) is 0 Å². The van der Waals surface area contributed by atoms with E-state index in [9.17, 15) is 4.79 Å². The van der Waals surface area contributed by atoms with Crippen LogP contribution < -0.4 is 11.1 Å². The van der Waals surface area contributed by atoms with Gasteiger partial charge in [-0.3, -0.25) is 4.79 Å². The van der Waals surface area contributed by atoms with Crippen LogP contribution in [0.2, 0.25) is 0 Å². The second kappa shape index (κ2) is 5.65. The van der Waals surface area contributed by atoms with E-state index in [1.807, 2.05) is 12.1 Å². The van der Waals surface area contributed by atoms with Crippen molar-refractivity contribution in [1.82, 2.24) is 5.32 Å². The summed E-state index contributed by atoms with van der Waals surface area (Å²) in [6.07, 6.45) is 4.82. The summed E-state index contributed by atoms with van der Waals surface area (Å²) in [5.74, 6) is -0.141. The summed E-state index contributed by atoms with van der Waals surface area (Å²) in [5.41, 5.74) is 7.19. The van der Waals surface area contributed by atoms with Crippen molar-refractivity contribution in [2.75, 3.05) is 12.3 Å². The lowest BCUT2D eigenvalue weighted by Crippen LogP contribution is -2.20. The first-order valence-corrected chi connectivity index (χ1v) is 4.64. The second-order valence-corrected chi connectivity index (χ2v) is 3.04. The van der Waals surface area contributed by atoms with Gasteiger partial charge in [-0.05, 0) is 23.8 Å². The number of nitrogens with two attached hydrogens (primary N) is 1. The first-order chi connectivity index (χ1) is 7.22. The highest BCUT2D eigenvalue weighted by Crippen LogP contribution is 2.07. The maximum absolute atomic E-state index is 11.2. The van der Waals surface area contributed by atoms with E-state index in [1.165, 1.54) is 6.08 Å². The Kier molecular flexibility index (Phi) is 4.16. The minimum absolute atomic E-state index is 0.141. The molecular formula is C12H14N2O. The van der Waals surface area contributed by atoms with Gasteiger partial charge in [-0.1, -0.05) is 18.2 Å². The molecule has 3 N–H and O–H groups in total. The summed E-state index contributed by atoms with van der Waals surface area (Å²) in [5, 5.41) is 2.64. The molecule has 0 fully saturated rings. The van der Waals surface area contributed by atoms with Crippen LogP contribution in [0.15, 0.2) is 43.0 Å². The average molecular weight is 202 g/mol. The van der Waals surface area contributed by atoms with Crippen molar-refractivity contribution in [3.8, 4) is 0 Å². The monoisotopic (exact) mass is 202 g/mol. The molecule has 0 saturated carbocycles. The number of nitrogens with one attached hydrogen (secondary N) is 1. The number of rotatable bonds is 4. The van der Waals surface area contributed by atoms with E-state index in [0.29, 0.717) is 12.2 Å². The Bertz CT molecular complexity index is 383. The van der Waals surface area contributed by atoms with Crippen LogP contribution in [0.25, 0.3) is 6.08 Å². The average Bonchev–Trinajstić information content (AvgIpc) is 2.23. The quantitative estimate of drug-likeness (QED) is 0.442. The fourth-order valence-corrected chi connectivity index (χ4v) is 1.07. The Morgan fingerprint density at radius 2 is 2.33 bits per heavy atom. The largest absolute Gasteiger partial charge is 0.399 e. The zero-order valence-corrected chi connectivity index (χ0v) is 8.44. The number of nitrogen functional groups attached to an aromatic ring is 1. The number of anilines is 1. The van der Waals surface area contributed by atoms with Crippen LogP contribution in [0.1, 0.15) is 5.56 Å². The molecule has 1 rings (SSSR count). The molecule has 3 nitrogen and oxygen atoms in total. The lowest BCUT2D eigenvalue weighted by molar-refractivity contribution is -0.116. The van der Waals surface area contributed by atoms with Crippen LogP contribution >= 0.6 is 0 Å². The highest BCUT2D eigenvalue weighted by Gasteiger charge is 1.92. The Balaban J connectivity index is 2.57. The molecule has 0 aromatic heterocycles. The fraction of sp³-hybridized carbons (Fsp3) is 0.0833. The topological polar surface area (TPSA) is 55.1 Å². The number of carbonyl (C=O) groups is 1. The Labute approximate surface area is 89.3 Å². The summed E-state index contributed by atoms with van der Waals surface area (Å²) in [7, 11) is 0. The van der Waals surface area contributed by atoms with Crippen LogP contribution in [0, 0.1) is 0 Å². The fourth-order valence-electron chi connectivity index (χ4n) is 1.07. The van der Waals surface area contributed by atoms with Crippen LogP contribution in [-0.4, -0.2) is 12.5 Å². The smallest absolute Gasteiger partial charge is 0.244 e. The van der Waals surface area contributed by atoms with Gasteiger partial charge in [-0.2, -0.15) is 0 Å². The molecule has 0 radical (unpaired) electrons. The van der Waals surface area contributed by atoms with Gasteiger partial charge in [0.2, 0.25) is 5.91 Å². The molecule has 0 heterocycles. The number of carbonyl (C=O) groups excluding carboxylic acids is 1. The second-order valence-electron chi connectivity index (χ2n) is 3.04.